The second-order valence-electron chi connectivity index (χ2n) is 6.01. The molecule has 1 atom stereocenters. The van der Waals surface area contributed by atoms with Gasteiger partial charge in [-0.1, -0.05) is 17.7 Å². The average molecular weight is 405 g/mol. The van der Waals surface area contributed by atoms with Crippen molar-refractivity contribution < 1.29 is 14.5 Å². The second-order valence-corrected chi connectivity index (χ2v) is 6.45. The Labute approximate surface area is 164 Å². The summed E-state index contributed by atoms with van der Waals surface area (Å²) in [6.07, 6.45) is 3.08. The van der Waals surface area contributed by atoms with E-state index in [9.17, 15) is 14.9 Å². The Balaban J connectivity index is 1.61. The molecular formula is C17H17ClN6O4. The maximum Gasteiger partial charge on any atom is 0.390 e. The molecule has 1 amide bonds. The number of nitro groups is 1. The molecule has 0 saturated heterocycles. The van der Waals surface area contributed by atoms with E-state index in [1.54, 1.807) is 44.3 Å². The third-order valence-electron chi connectivity index (χ3n) is 3.90. The first-order valence-corrected chi connectivity index (χ1v) is 8.63. The number of carbonyl (C=O) groups excluding carboxylic acids is 1. The van der Waals surface area contributed by atoms with Crippen LogP contribution in [-0.4, -0.2) is 30.4 Å². The summed E-state index contributed by atoms with van der Waals surface area (Å²) in [5.41, 5.74) is 0.978. The van der Waals surface area contributed by atoms with E-state index in [2.05, 4.69) is 15.5 Å². The molecule has 1 unspecified atom stereocenters. The number of anilines is 1. The van der Waals surface area contributed by atoms with Crippen LogP contribution in [0, 0.1) is 17.0 Å². The van der Waals surface area contributed by atoms with Crippen LogP contribution in [0.3, 0.4) is 0 Å². The summed E-state index contributed by atoms with van der Waals surface area (Å²) in [5, 5.41) is 22.1. The van der Waals surface area contributed by atoms with Crippen LogP contribution < -0.4 is 10.1 Å². The summed E-state index contributed by atoms with van der Waals surface area (Å²) in [7, 11) is 0. The first kappa shape index (κ1) is 19.4. The first-order chi connectivity index (χ1) is 13.3. The molecule has 2 heterocycles. The third-order valence-corrected chi connectivity index (χ3v) is 4.14. The lowest BCUT2D eigenvalue weighted by Gasteiger charge is -2.10. The average Bonchev–Trinajstić information content (AvgIpc) is 3.26. The van der Waals surface area contributed by atoms with Crippen LogP contribution in [0.15, 0.2) is 42.7 Å². The van der Waals surface area contributed by atoms with Gasteiger partial charge in [0.15, 0.2) is 6.73 Å². The number of ether oxygens (including phenoxy) is 1. The van der Waals surface area contributed by atoms with Crippen LogP contribution in [0.25, 0.3) is 0 Å². The van der Waals surface area contributed by atoms with Crippen LogP contribution in [0.1, 0.15) is 18.7 Å². The minimum atomic E-state index is -0.736. The fraction of sp³-hybridized carbons (Fsp3) is 0.235. The molecule has 0 fully saturated rings. The molecule has 0 aliphatic carbocycles. The van der Waals surface area contributed by atoms with E-state index < -0.39 is 11.0 Å². The number of benzene rings is 1. The molecule has 0 saturated carbocycles. The lowest BCUT2D eigenvalue weighted by Crippen LogP contribution is -2.25. The van der Waals surface area contributed by atoms with Gasteiger partial charge < -0.3 is 20.2 Å². The monoisotopic (exact) mass is 404 g/mol. The molecule has 28 heavy (non-hydrogen) atoms. The molecule has 0 aliphatic heterocycles. The zero-order chi connectivity index (χ0) is 20.3. The topological polar surface area (TPSA) is 117 Å². The van der Waals surface area contributed by atoms with Gasteiger partial charge in [-0.25, -0.2) is 4.68 Å². The zero-order valence-corrected chi connectivity index (χ0v) is 15.8. The van der Waals surface area contributed by atoms with Crippen molar-refractivity contribution in [3.63, 3.8) is 0 Å². The third kappa shape index (κ3) is 4.46. The molecule has 1 N–H and O–H groups in total. The van der Waals surface area contributed by atoms with Crippen molar-refractivity contribution in [3.05, 3.63) is 63.6 Å². The second kappa shape index (κ2) is 8.09. The maximum absolute atomic E-state index is 12.4. The van der Waals surface area contributed by atoms with Gasteiger partial charge in [0.05, 0.1) is 34.9 Å². The predicted octanol–water partition coefficient (Wildman–Crippen LogP) is 3.19. The normalized spacial score (nSPS) is 11.8. The van der Waals surface area contributed by atoms with E-state index in [1.807, 2.05) is 0 Å². The van der Waals surface area contributed by atoms with Gasteiger partial charge in [-0.3, -0.25) is 4.79 Å². The Morgan fingerprint density at radius 3 is 2.89 bits per heavy atom. The van der Waals surface area contributed by atoms with Gasteiger partial charge in [0.1, 0.15) is 11.8 Å². The number of nitrogens with one attached hydrogen (secondary N) is 1. The molecule has 0 aliphatic rings. The van der Waals surface area contributed by atoms with Crippen molar-refractivity contribution in [2.45, 2.75) is 26.6 Å². The van der Waals surface area contributed by atoms with Gasteiger partial charge in [0.25, 0.3) is 5.91 Å². The molecule has 0 bridgehead atoms. The minimum Gasteiger partial charge on any atom is -0.471 e. The fourth-order valence-electron chi connectivity index (χ4n) is 2.51. The van der Waals surface area contributed by atoms with Crippen molar-refractivity contribution in [2.75, 3.05) is 5.32 Å². The van der Waals surface area contributed by atoms with E-state index >= 15 is 0 Å². The largest absolute Gasteiger partial charge is 0.471 e. The van der Waals surface area contributed by atoms with Crippen molar-refractivity contribution in [1.82, 2.24) is 19.6 Å². The lowest BCUT2D eigenvalue weighted by molar-refractivity contribution is -0.389. The Morgan fingerprint density at radius 1 is 1.43 bits per heavy atom. The maximum atomic E-state index is 12.4. The van der Waals surface area contributed by atoms with Crippen LogP contribution >= 0.6 is 11.6 Å². The van der Waals surface area contributed by atoms with E-state index in [4.69, 9.17) is 16.3 Å². The van der Waals surface area contributed by atoms with E-state index in [1.165, 1.54) is 21.6 Å². The standard InChI is InChI=1S/C17H17ClN6O4/c1-11-6-16(24(26)27)21-23(11)12(2)17(25)20-14-8-19-22(9-14)10-28-15-5-3-4-13(18)7-15/h3-9,12H,10H2,1-2H3,(H,20,25). The van der Waals surface area contributed by atoms with Crippen LogP contribution in [0.5, 0.6) is 5.75 Å². The number of aromatic nitrogens is 4. The first-order valence-electron chi connectivity index (χ1n) is 8.25. The molecule has 3 rings (SSSR count). The van der Waals surface area contributed by atoms with Gasteiger partial charge in [0, 0.05) is 5.02 Å². The summed E-state index contributed by atoms with van der Waals surface area (Å²) in [6, 6.07) is 7.55. The highest BCUT2D eigenvalue weighted by atomic mass is 35.5. The van der Waals surface area contributed by atoms with Crippen LogP contribution in [0.2, 0.25) is 5.02 Å². The summed E-state index contributed by atoms with van der Waals surface area (Å²) in [5.74, 6) is -0.0856. The smallest absolute Gasteiger partial charge is 0.390 e. The number of nitrogens with zero attached hydrogens (tertiary/aromatic N) is 5. The van der Waals surface area contributed by atoms with E-state index in [0.717, 1.165) is 0 Å². The Bertz CT molecular complexity index is 1010. The van der Waals surface area contributed by atoms with Gasteiger partial charge in [-0.05, 0) is 37.0 Å². The number of hydrogen-bond donors (Lipinski definition) is 1. The van der Waals surface area contributed by atoms with Crippen LogP contribution in [-0.2, 0) is 11.5 Å². The van der Waals surface area contributed by atoms with Gasteiger partial charge >= 0.3 is 5.82 Å². The summed E-state index contributed by atoms with van der Waals surface area (Å²) >= 11 is 5.90. The minimum absolute atomic E-state index is 0.135. The molecular weight excluding hydrogens is 388 g/mol. The zero-order valence-electron chi connectivity index (χ0n) is 15.1. The Morgan fingerprint density at radius 2 is 2.21 bits per heavy atom. The number of carbonyl (C=O) groups is 1. The summed E-state index contributed by atoms with van der Waals surface area (Å²) in [4.78, 5) is 22.7. The Kier molecular flexibility index (Phi) is 5.59. The number of aryl methyl sites for hydroxylation is 1. The molecule has 10 nitrogen and oxygen atoms in total. The van der Waals surface area contributed by atoms with Gasteiger partial charge in [-0.15, -0.1) is 0 Å². The molecule has 11 heteroatoms. The van der Waals surface area contributed by atoms with Crippen molar-refractivity contribution >= 4 is 29.0 Å². The van der Waals surface area contributed by atoms with Crippen molar-refractivity contribution in [2.24, 2.45) is 0 Å². The molecule has 0 radical (unpaired) electrons. The fourth-order valence-corrected chi connectivity index (χ4v) is 2.69. The number of amides is 1. The quantitative estimate of drug-likeness (QED) is 0.477. The SMILES string of the molecule is Cc1cc([N+](=O)[O-])nn1C(C)C(=O)Nc1cnn(COc2cccc(Cl)c2)c1. The Hall–Kier alpha value is -3.40. The van der Waals surface area contributed by atoms with E-state index in [-0.39, 0.29) is 18.5 Å². The van der Waals surface area contributed by atoms with Gasteiger partial charge in [-0.2, -0.15) is 9.78 Å². The van der Waals surface area contributed by atoms with Crippen molar-refractivity contribution in [1.29, 1.82) is 0 Å². The molecule has 3 aromatic rings. The highest BCUT2D eigenvalue weighted by Gasteiger charge is 2.24. The molecule has 2 aromatic heterocycles. The number of rotatable bonds is 7. The molecule has 1 aromatic carbocycles. The molecule has 146 valence electrons. The lowest BCUT2D eigenvalue weighted by atomic mass is 10.3. The number of halogens is 1. The summed E-state index contributed by atoms with van der Waals surface area (Å²) in [6.45, 7) is 3.39. The predicted molar refractivity (Wildman–Crippen MR) is 101 cm³/mol. The van der Waals surface area contributed by atoms with Gasteiger partial charge in [0.2, 0.25) is 0 Å². The van der Waals surface area contributed by atoms with Crippen molar-refractivity contribution in [3.8, 4) is 5.75 Å². The highest BCUT2D eigenvalue weighted by molar-refractivity contribution is 6.30. The molecule has 0 spiro atoms. The van der Waals surface area contributed by atoms with E-state index in [0.29, 0.717) is 22.2 Å². The summed E-state index contributed by atoms with van der Waals surface area (Å²) < 4.78 is 8.39. The van der Waals surface area contributed by atoms with Crippen LogP contribution in [0.4, 0.5) is 11.5 Å². The highest BCUT2D eigenvalue weighted by Crippen LogP contribution is 2.19. The number of hydrogen-bond acceptors (Lipinski definition) is 6.